The third-order valence-electron chi connectivity index (χ3n) is 18.3. The first kappa shape index (κ1) is 37.5. The van der Waals surface area contributed by atoms with E-state index in [0.717, 1.165) is 30.6 Å². The van der Waals surface area contributed by atoms with Gasteiger partial charge in [-0.3, -0.25) is 0 Å². The van der Waals surface area contributed by atoms with Gasteiger partial charge in [-0.05, 0) is 204 Å². The molecule has 2 nitrogen and oxygen atoms in total. The van der Waals surface area contributed by atoms with Crippen LogP contribution in [-0.2, 0) is 29.1 Å². The van der Waals surface area contributed by atoms with E-state index in [4.69, 9.17) is 0 Å². The highest BCUT2D eigenvalue weighted by Crippen LogP contribution is 2.70. The molecule has 0 N–H and O–H groups in total. The number of hydrogen-bond acceptors (Lipinski definition) is 2. The summed E-state index contributed by atoms with van der Waals surface area (Å²) in [5.74, 6) is 3.73. The Morgan fingerprint density at radius 3 is 1.53 bits per heavy atom. The van der Waals surface area contributed by atoms with Crippen LogP contribution in [0.4, 0.5) is 34.1 Å². The van der Waals surface area contributed by atoms with Gasteiger partial charge in [0, 0.05) is 33.6 Å². The molecule has 5 fully saturated rings. The lowest BCUT2D eigenvalue weighted by Gasteiger charge is -2.57. The third-order valence-corrected chi connectivity index (χ3v) is 18.3. The Kier molecular flexibility index (Phi) is 7.96. The summed E-state index contributed by atoms with van der Waals surface area (Å²) in [6.45, 7) is 4.90. The van der Waals surface area contributed by atoms with Gasteiger partial charge < -0.3 is 9.80 Å². The zero-order valence-electron chi connectivity index (χ0n) is 37.4. The molecule has 0 aromatic heterocycles. The number of fused-ring (bicyclic) bond motifs is 5. The highest BCUT2D eigenvalue weighted by atomic mass is 15.2. The van der Waals surface area contributed by atoms with Crippen LogP contribution in [-0.4, -0.2) is 0 Å². The fourth-order valence-corrected chi connectivity index (χ4v) is 16.4. The normalized spacial score (nSPS) is 27.9. The highest BCUT2D eigenvalue weighted by Gasteiger charge is 2.62. The molecule has 316 valence electrons. The summed E-state index contributed by atoms with van der Waals surface area (Å²) in [6.07, 6.45) is 13.2. The Morgan fingerprint density at radius 2 is 0.922 bits per heavy atom. The van der Waals surface area contributed by atoms with Crippen LogP contribution in [0.25, 0.3) is 11.1 Å². The molecule has 4 bridgehead atoms. The van der Waals surface area contributed by atoms with E-state index in [1.165, 1.54) is 108 Å². The van der Waals surface area contributed by atoms with Crippen LogP contribution in [0.5, 0.6) is 0 Å². The smallest absolute Gasteiger partial charge is 0.0505 e. The van der Waals surface area contributed by atoms with Crippen LogP contribution < -0.4 is 9.80 Å². The van der Waals surface area contributed by atoms with Gasteiger partial charge >= 0.3 is 0 Å². The fraction of sp³-hybridized carbons (Fsp3) is 0.323. The molecule has 2 heteroatoms. The van der Waals surface area contributed by atoms with Crippen molar-refractivity contribution < 1.29 is 0 Å². The summed E-state index contributed by atoms with van der Waals surface area (Å²) in [5, 5.41) is 0. The van der Waals surface area contributed by atoms with Gasteiger partial charge in [-0.2, -0.15) is 0 Å². The predicted molar refractivity (Wildman–Crippen MR) is 264 cm³/mol. The SMILES string of the molecule is CC1(C)c2ccccc2-c2ccc(N(c3ccccc3C34CC5CC(CC(C5)C3)C4)c3cccc4c3C35c6c(cccc6N(c6ccccc6)c6ccccc6)CC3CCC5C4)cc21. The average molecular weight is 831 g/mol. The van der Waals surface area contributed by atoms with Crippen molar-refractivity contribution in [1.82, 2.24) is 0 Å². The molecule has 0 heterocycles. The maximum atomic E-state index is 2.82. The Labute approximate surface area is 380 Å². The van der Waals surface area contributed by atoms with Gasteiger partial charge in [0.05, 0.1) is 11.4 Å². The molecule has 1 spiro atoms. The first-order chi connectivity index (χ1) is 31.4. The summed E-state index contributed by atoms with van der Waals surface area (Å²) in [4.78, 5) is 5.40. The van der Waals surface area contributed by atoms with Gasteiger partial charge in [-0.25, -0.2) is 0 Å². The number of benzene rings is 7. The molecule has 0 amide bonds. The lowest BCUT2D eigenvalue weighted by Crippen LogP contribution is -2.49. The standard InChI is InChI=1S/C62H58N2/c1-60(2)52-22-10-9-21-50(52)51-30-29-49(36-54(51)60)64(55-24-12-11-23-53(55)61-37-40-31-41(38-61)33-42(32-40)39-61)57-26-14-16-44-35-46-28-27-45-34-43-15-13-25-56(58(43)62(45,46)59(44)57)63(47-17-5-3-6-18-47)48-19-7-4-8-20-48/h3-26,29-30,36,40-42,45-46H,27-28,31-35,37-39H2,1-2H3. The molecule has 15 rings (SSSR count). The predicted octanol–water partition coefficient (Wildman–Crippen LogP) is 15.8. The first-order valence-corrected chi connectivity index (χ1v) is 24.7. The number of rotatable bonds is 7. The Hall–Kier alpha value is -5.86. The van der Waals surface area contributed by atoms with Gasteiger partial charge in [0.1, 0.15) is 0 Å². The minimum absolute atomic E-state index is 0.0936. The van der Waals surface area contributed by atoms with Crippen molar-refractivity contribution in [3.05, 3.63) is 203 Å². The molecule has 0 saturated heterocycles. The van der Waals surface area contributed by atoms with Crippen LogP contribution in [0.15, 0.2) is 164 Å². The minimum atomic E-state index is -0.0974. The molecule has 7 aromatic rings. The summed E-state index contributed by atoms with van der Waals surface area (Å²) >= 11 is 0. The van der Waals surface area contributed by atoms with E-state index in [1.54, 1.807) is 27.8 Å². The second-order valence-electron chi connectivity index (χ2n) is 21.8. The van der Waals surface area contributed by atoms with E-state index in [0.29, 0.717) is 11.8 Å². The Balaban J connectivity index is 1.03. The summed E-state index contributed by atoms with van der Waals surface area (Å²) in [5.41, 5.74) is 21.5. The van der Waals surface area contributed by atoms with Crippen molar-refractivity contribution in [1.29, 1.82) is 0 Å². The Bertz CT molecular complexity index is 2910. The van der Waals surface area contributed by atoms with Crippen molar-refractivity contribution in [2.24, 2.45) is 29.6 Å². The van der Waals surface area contributed by atoms with E-state index in [1.807, 2.05) is 0 Å². The second-order valence-corrected chi connectivity index (χ2v) is 21.8. The number of para-hydroxylation sites is 3. The topological polar surface area (TPSA) is 6.48 Å². The molecule has 5 saturated carbocycles. The van der Waals surface area contributed by atoms with E-state index < -0.39 is 0 Å². The van der Waals surface area contributed by atoms with E-state index in [-0.39, 0.29) is 16.2 Å². The molecule has 8 aliphatic carbocycles. The second kappa shape index (κ2) is 13.6. The quantitative estimate of drug-likeness (QED) is 0.158. The molecular weight excluding hydrogens is 773 g/mol. The zero-order valence-corrected chi connectivity index (χ0v) is 37.4. The van der Waals surface area contributed by atoms with E-state index in [9.17, 15) is 0 Å². The minimum Gasteiger partial charge on any atom is -0.310 e. The van der Waals surface area contributed by atoms with Crippen molar-refractivity contribution in [2.45, 2.75) is 94.3 Å². The maximum absolute atomic E-state index is 2.82. The molecule has 0 aliphatic heterocycles. The number of hydrogen-bond donors (Lipinski definition) is 0. The summed E-state index contributed by atoms with van der Waals surface area (Å²) in [7, 11) is 0. The van der Waals surface area contributed by atoms with Gasteiger partial charge in [0.15, 0.2) is 0 Å². The maximum Gasteiger partial charge on any atom is 0.0505 e. The molecule has 7 aromatic carbocycles. The van der Waals surface area contributed by atoms with Crippen molar-refractivity contribution >= 4 is 34.1 Å². The van der Waals surface area contributed by atoms with Crippen molar-refractivity contribution in [2.75, 3.05) is 9.80 Å². The summed E-state index contributed by atoms with van der Waals surface area (Å²) < 4.78 is 0. The van der Waals surface area contributed by atoms with Crippen LogP contribution >= 0.6 is 0 Å². The first-order valence-electron chi connectivity index (χ1n) is 24.7. The summed E-state index contributed by atoms with van der Waals surface area (Å²) in [6, 6.07) is 63.6. The zero-order chi connectivity index (χ0) is 42.4. The molecule has 3 unspecified atom stereocenters. The van der Waals surface area contributed by atoms with Crippen molar-refractivity contribution in [3.8, 4) is 11.1 Å². The van der Waals surface area contributed by atoms with Gasteiger partial charge in [0.25, 0.3) is 0 Å². The van der Waals surface area contributed by atoms with E-state index >= 15 is 0 Å². The molecular formula is C62H58N2. The molecule has 8 aliphatic rings. The Morgan fingerprint density at radius 1 is 0.422 bits per heavy atom. The highest BCUT2D eigenvalue weighted by molar-refractivity contribution is 5.90. The molecule has 3 atom stereocenters. The van der Waals surface area contributed by atoms with Crippen LogP contribution in [0, 0.1) is 29.6 Å². The monoisotopic (exact) mass is 830 g/mol. The van der Waals surface area contributed by atoms with Crippen LogP contribution in [0.1, 0.15) is 104 Å². The lowest BCUT2D eigenvalue weighted by molar-refractivity contribution is -0.00491. The van der Waals surface area contributed by atoms with E-state index in [2.05, 4.69) is 187 Å². The van der Waals surface area contributed by atoms with Crippen LogP contribution in [0.3, 0.4) is 0 Å². The molecule has 64 heavy (non-hydrogen) atoms. The van der Waals surface area contributed by atoms with Gasteiger partial charge in [-0.1, -0.05) is 123 Å². The largest absolute Gasteiger partial charge is 0.310 e. The number of anilines is 6. The van der Waals surface area contributed by atoms with Gasteiger partial charge in [0.2, 0.25) is 0 Å². The van der Waals surface area contributed by atoms with Gasteiger partial charge in [-0.15, -0.1) is 0 Å². The lowest BCUT2D eigenvalue weighted by atomic mass is 9.48. The fourth-order valence-electron chi connectivity index (χ4n) is 16.4. The molecule has 0 radical (unpaired) electrons. The van der Waals surface area contributed by atoms with Crippen LogP contribution in [0.2, 0.25) is 0 Å². The number of nitrogens with zero attached hydrogens (tertiary/aromatic N) is 2. The average Bonchev–Trinajstić information content (AvgIpc) is 4.01. The third kappa shape index (κ3) is 5.09. The van der Waals surface area contributed by atoms with Crippen molar-refractivity contribution in [3.63, 3.8) is 0 Å².